The maximum absolute atomic E-state index is 13.3. The zero-order valence-electron chi connectivity index (χ0n) is 11.7. The highest BCUT2D eigenvalue weighted by atomic mass is 35.5. The average Bonchev–Trinajstić information content (AvgIpc) is 2.83. The number of rotatable bonds is 6. The lowest BCUT2D eigenvalue weighted by atomic mass is 10.0. The molecule has 0 saturated heterocycles. The van der Waals surface area contributed by atoms with E-state index in [0.717, 1.165) is 11.3 Å². The van der Waals surface area contributed by atoms with Gasteiger partial charge in [0.15, 0.2) is 0 Å². The van der Waals surface area contributed by atoms with Gasteiger partial charge < -0.3 is 10.1 Å². The van der Waals surface area contributed by atoms with Gasteiger partial charge >= 0.3 is 0 Å². The standard InChI is InChI=1S/C14H16Cl2FN3O/c1-18-13(9-3-4-12(17)10(15)7-9)14-11(16)8-19-20(14)5-6-21-2/h3-4,7-8,13,18H,5-6H2,1-2H3. The van der Waals surface area contributed by atoms with Gasteiger partial charge in [-0.05, 0) is 24.7 Å². The normalized spacial score (nSPS) is 12.6. The summed E-state index contributed by atoms with van der Waals surface area (Å²) in [6, 6.07) is 4.36. The number of aromatic nitrogens is 2. The minimum Gasteiger partial charge on any atom is -0.383 e. The molecule has 1 heterocycles. The van der Waals surface area contributed by atoms with Crippen molar-refractivity contribution in [3.8, 4) is 0 Å². The van der Waals surface area contributed by atoms with Crippen molar-refractivity contribution in [1.82, 2.24) is 15.1 Å². The van der Waals surface area contributed by atoms with Crippen LogP contribution in [0.3, 0.4) is 0 Å². The molecule has 1 unspecified atom stereocenters. The van der Waals surface area contributed by atoms with E-state index >= 15 is 0 Å². The van der Waals surface area contributed by atoms with Crippen LogP contribution in [0.1, 0.15) is 17.3 Å². The number of ether oxygens (including phenoxy) is 1. The van der Waals surface area contributed by atoms with Crippen LogP contribution in [-0.4, -0.2) is 30.5 Å². The highest BCUT2D eigenvalue weighted by Gasteiger charge is 2.21. The van der Waals surface area contributed by atoms with Gasteiger partial charge in [-0.2, -0.15) is 5.10 Å². The van der Waals surface area contributed by atoms with Gasteiger partial charge in [0.05, 0.1) is 41.1 Å². The Morgan fingerprint density at radius 3 is 2.76 bits per heavy atom. The number of halogens is 3. The maximum Gasteiger partial charge on any atom is 0.141 e. The number of methoxy groups -OCH3 is 1. The molecule has 0 bridgehead atoms. The van der Waals surface area contributed by atoms with Gasteiger partial charge in [-0.3, -0.25) is 4.68 Å². The molecule has 0 radical (unpaired) electrons. The molecule has 0 aliphatic carbocycles. The Labute approximate surface area is 132 Å². The Bertz CT molecular complexity index is 618. The van der Waals surface area contributed by atoms with Crippen LogP contribution in [0.15, 0.2) is 24.4 Å². The lowest BCUT2D eigenvalue weighted by Gasteiger charge is -2.19. The molecule has 0 saturated carbocycles. The average molecular weight is 332 g/mol. The van der Waals surface area contributed by atoms with Gasteiger partial charge in [0, 0.05) is 7.11 Å². The van der Waals surface area contributed by atoms with E-state index in [0.29, 0.717) is 18.2 Å². The molecule has 4 nitrogen and oxygen atoms in total. The van der Waals surface area contributed by atoms with Crippen molar-refractivity contribution < 1.29 is 9.13 Å². The third-order valence-corrected chi connectivity index (χ3v) is 3.76. The molecule has 21 heavy (non-hydrogen) atoms. The summed E-state index contributed by atoms with van der Waals surface area (Å²) >= 11 is 12.1. The second kappa shape index (κ2) is 7.22. The van der Waals surface area contributed by atoms with Crippen molar-refractivity contribution in [2.45, 2.75) is 12.6 Å². The molecule has 7 heteroatoms. The molecule has 1 aromatic carbocycles. The predicted octanol–water partition coefficient (Wildman–Crippen LogP) is 3.28. The number of nitrogens with one attached hydrogen (secondary N) is 1. The number of hydrogen-bond acceptors (Lipinski definition) is 3. The molecule has 1 aromatic heterocycles. The molecule has 0 fully saturated rings. The first-order valence-corrected chi connectivity index (χ1v) is 7.16. The van der Waals surface area contributed by atoms with E-state index in [2.05, 4.69) is 10.4 Å². The topological polar surface area (TPSA) is 39.1 Å². The van der Waals surface area contributed by atoms with Crippen LogP contribution in [-0.2, 0) is 11.3 Å². The van der Waals surface area contributed by atoms with E-state index in [1.54, 1.807) is 37.2 Å². The molecule has 0 spiro atoms. The van der Waals surface area contributed by atoms with Crippen molar-refractivity contribution in [2.24, 2.45) is 0 Å². The first-order chi connectivity index (χ1) is 10.1. The molecule has 0 aliphatic rings. The molecular weight excluding hydrogens is 316 g/mol. The van der Waals surface area contributed by atoms with Crippen LogP contribution in [0.25, 0.3) is 0 Å². The summed E-state index contributed by atoms with van der Waals surface area (Å²) in [6.07, 6.45) is 1.59. The molecule has 114 valence electrons. The van der Waals surface area contributed by atoms with Gasteiger partial charge in [-0.15, -0.1) is 0 Å². The monoisotopic (exact) mass is 331 g/mol. The Morgan fingerprint density at radius 1 is 1.38 bits per heavy atom. The molecule has 1 atom stereocenters. The fourth-order valence-corrected chi connectivity index (χ4v) is 2.61. The van der Waals surface area contributed by atoms with E-state index < -0.39 is 5.82 Å². The largest absolute Gasteiger partial charge is 0.383 e. The Kier molecular flexibility index (Phi) is 5.58. The Balaban J connectivity index is 2.40. The summed E-state index contributed by atoms with van der Waals surface area (Å²) in [4.78, 5) is 0. The molecule has 0 aliphatic heterocycles. The lowest BCUT2D eigenvalue weighted by molar-refractivity contribution is 0.182. The maximum atomic E-state index is 13.3. The minimum absolute atomic E-state index is 0.0758. The van der Waals surface area contributed by atoms with Crippen molar-refractivity contribution >= 4 is 23.2 Å². The van der Waals surface area contributed by atoms with E-state index in [1.165, 1.54) is 6.07 Å². The highest BCUT2D eigenvalue weighted by Crippen LogP contribution is 2.30. The van der Waals surface area contributed by atoms with Crippen molar-refractivity contribution in [1.29, 1.82) is 0 Å². The van der Waals surface area contributed by atoms with Gasteiger partial charge in [0.2, 0.25) is 0 Å². The zero-order valence-corrected chi connectivity index (χ0v) is 13.2. The molecule has 1 N–H and O–H groups in total. The van der Waals surface area contributed by atoms with E-state index in [4.69, 9.17) is 27.9 Å². The van der Waals surface area contributed by atoms with Crippen LogP contribution >= 0.6 is 23.2 Å². The second-order valence-electron chi connectivity index (χ2n) is 4.49. The molecule has 0 amide bonds. The summed E-state index contributed by atoms with van der Waals surface area (Å²) in [5.74, 6) is -0.450. The Morgan fingerprint density at radius 2 is 2.14 bits per heavy atom. The Hall–Kier alpha value is -1.14. The van der Waals surface area contributed by atoms with E-state index in [9.17, 15) is 4.39 Å². The quantitative estimate of drug-likeness (QED) is 0.882. The predicted molar refractivity (Wildman–Crippen MR) is 81.4 cm³/mol. The summed E-state index contributed by atoms with van der Waals surface area (Å²) in [7, 11) is 3.42. The van der Waals surface area contributed by atoms with Gasteiger partial charge in [-0.1, -0.05) is 29.3 Å². The summed E-state index contributed by atoms with van der Waals surface area (Å²) in [5.41, 5.74) is 1.60. The number of benzene rings is 1. The summed E-state index contributed by atoms with van der Waals surface area (Å²) < 4.78 is 20.2. The van der Waals surface area contributed by atoms with Gasteiger partial charge in [0.25, 0.3) is 0 Å². The van der Waals surface area contributed by atoms with Crippen molar-refractivity contribution in [3.05, 3.63) is 51.5 Å². The fourth-order valence-electron chi connectivity index (χ4n) is 2.17. The van der Waals surface area contributed by atoms with Crippen molar-refractivity contribution in [2.75, 3.05) is 20.8 Å². The van der Waals surface area contributed by atoms with Crippen LogP contribution in [0.5, 0.6) is 0 Å². The first kappa shape index (κ1) is 16.2. The van der Waals surface area contributed by atoms with Crippen LogP contribution < -0.4 is 5.32 Å². The minimum atomic E-state index is -0.450. The van der Waals surface area contributed by atoms with Gasteiger partial charge in [0.1, 0.15) is 5.82 Å². The second-order valence-corrected chi connectivity index (χ2v) is 5.30. The number of nitrogens with zero attached hydrogens (tertiary/aromatic N) is 2. The van der Waals surface area contributed by atoms with Crippen molar-refractivity contribution in [3.63, 3.8) is 0 Å². The molecular formula is C14H16Cl2FN3O. The van der Waals surface area contributed by atoms with Gasteiger partial charge in [-0.25, -0.2) is 4.39 Å². The highest BCUT2D eigenvalue weighted by molar-refractivity contribution is 6.31. The van der Waals surface area contributed by atoms with Crippen LogP contribution in [0, 0.1) is 5.82 Å². The fraction of sp³-hybridized carbons (Fsp3) is 0.357. The third kappa shape index (κ3) is 3.55. The SMILES string of the molecule is CNC(c1ccc(F)c(Cl)c1)c1c(Cl)cnn1CCOC. The lowest BCUT2D eigenvalue weighted by Crippen LogP contribution is -2.23. The van der Waals surface area contributed by atoms with E-state index in [1.807, 2.05) is 0 Å². The van der Waals surface area contributed by atoms with Crippen LogP contribution in [0.2, 0.25) is 10.0 Å². The first-order valence-electron chi connectivity index (χ1n) is 6.40. The molecule has 2 rings (SSSR count). The smallest absolute Gasteiger partial charge is 0.141 e. The zero-order chi connectivity index (χ0) is 15.4. The number of hydrogen-bond donors (Lipinski definition) is 1. The van der Waals surface area contributed by atoms with E-state index in [-0.39, 0.29) is 11.1 Å². The third-order valence-electron chi connectivity index (χ3n) is 3.18. The summed E-state index contributed by atoms with van der Waals surface area (Å²) in [5, 5.41) is 8.01. The molecule has 2 aromatic rings. The summed E-state index contributed by atoms with van der Waals surface area (Å²) in [6.45, 7) is 1.09. The van der Waals surface area contributed by atoms with Crippen LogP contribution in [0.4, 0.5) is 4.39 Å².